The molecule has 0 aliphatic carbocycles. The molecule has 0 amide bonds. The summed E-state index contributed by atoms with van der Waals surface area (Å²) >= 11 is 1.27. The lowest BCUT2D eigenvalue weighted by Gasteiger charge is -2.10. The molecule has 4 rings (SSSR count). The Bertz CT molecular complexity index is 1190. The third kappa shape index (κ3) is 5.70. The van der Waals surface area contributed by atoms with Crippen LogP contribution in [0.5, 0.6) is 5.75 Å². The normalized spacial score (nSPS) is 10.8. The maximum Gasteiger partial charge on any atom is 0.277 e. The van der Waals surface area contributed by atoms with Gasteiger partial charge in [-0.3, -0.25) is 0 Å². The Balaban J connectivity index is 1.36. The van der Waals surface area contributed by atoms with Crippen LogP contribution in [0.3, 0.4) is 0 Å². The summed E-state index contributed by atoms with van der Waals surface area (Å²) in [4.78, 5) is 12.8. The molecular formula is C21H20FN7O2S. The van der Waals surface area contributed by atoms with Crippen LogP contribution in [0.2, 0.25) is 0 Å². The van der Waals surface area contributed by atoms with E-state index in [1.165, 1.54) is 36.0 Å². The second-order valence-corrected chi connectivity index (χ2v) is 7.49. The number of hydrogen-bond donors (Lipinski definition) is 2. The van der Waals surface area contributed by atoms with Crippen molar-refractivity contribution >= 4 is 29.3 Å². The molecule has 0 spiro atoms. The summed E-state index contributed by atoms with van der Waals surface area (Å²) in [5.41, 5.74) is 7.92. The van der Waals surface area contributed by atoms with Gasteiger partial charge in [0.2, 0.25) is 11.9 Å². The predicted molar refractivity (Wildman–Crippen MR) is 118 cm³/mol. The number of anilines is 3. The van der Waals surface area contributed by atoms with Crippen molar-refractivity contribution in [2.24, 2.45) is 0 Å². The van der Waals surface area contributed by atoms with Crippen molar-refractivity contribution in [1.82, 2.24) is 25.1 Å². The van der Waals surface area contributed by atoms with Crippen LogP contribution >= 0.6 is 11.8 Å². The average Bonchev–Trinajstić information content (AvgIpc) is 3.25. The van der Waals surface area contributed by atoms with Gasteiger partial charge in [-0.1, -0.05) is 36.9 Å². The molecule has 0 aliphatic heterocycles. The smallest absolute Gasteiger partial charge is 0.277 e. The Kier molecular flexibility index (Phi) is 6.75. The number of aryl methyl sites for hydroxylation is 1. The molecule has 0 saturated carbocycles. The van der Waals surface area contributed by atoms with Crippen LogP contribution in [0.15, 0.2) is 58.2 Å². The van der Waals surface area contributed by atoms with Crippen molar-refractivity contribution in [2.75, 3.05) is 11.1 Å². The number of benzene rings is 2. The number of rotatable bonds is 9. The SMILES string of the molecule is CCc1ccccc1Nc1nc(N)nc(CSc2nnc(COc3ccc(F)cc3)o2)n1. The highest BCUT2D eigenvalue weighted by Gasteiger charge is 2.11. The number of para-hydroxylation sites is 1. The number of aromatic nitrogens is 5. The van der Waals surface area contributed by atoms with Gasteiger partial charge in [-0.25, -0.2) is 4.39 Å². The van der Waals surface area contributed by atoms with Crippen molar-refractivity contribution in [3.63, 3.8) is 0 Å². The van der Waals surface area contributed by atoms with Gasteiger partial charge in [-0.2, -0.15) is 15.0 Å². The van der Waals surface area contributed by atoms with E-state index in [0.29, 0.717) is 34.4 Å². The zero-order valence-electron chi connectivity index (χ0n) is 17.2. The zero-order chi connectivity index (χ0) is 22.3. The highest BCUT2D eigenvalue weighted by atomic mass is 32.2. The van der Waals surface area contributed by atoms with Crippen molar-refractivity contribution in [2.45, 2.75) is 30.9 Å². The predicted octanol–water partition coefficient (Wildman–Crippen LogP) is 4.15. The van der Waals surface area contributed by atoms with Crippen molar-refractivity contribution in [3.8, 4) is 5.75 Å². The summed E-state index contributed by atoms with van der Waals surface area (Å²) in [6.45, 7) is 2.15. The van der Waals surface area contributed by atoms with Gasteiger partial charge in [0.1, 0.15) is 17.4 Å². The molecule has 0 bridgehead atoms. The Morgan fingerprint density at radius 3 is 2.69 bits per heavy atom. The van der Waals surface area contributed by atoms with Crippen molar-refractivity contribution in [3.05, 3.63) is 71.6 Å². The van der Waals surface area contributed by atoms with Crippen LogP contribution in [0, 0.1) is 5.82 Å². The number of nitrogen functional groups attached to an aromatic ring is 1. The Morgan fingerprint density at radius 2 is 1.88 bits per heavy atom. The van der Waals surface area contributed by atoms with E-state index >= 15 is 0 Å². The maximum absolute atomic E-state index is 12.9. The minimum Gasteiger partial charge on any atom is -0.484 e. The molecule has 11 heteroatoms. The highest BCUT2D eigenvalue weighted by molar-refractivity contribution is 7.98. The lowest BCUT2D eigenvalue weighted by Crippen LogP contribution is -2.07. The molecule has 0 atom stereocenters. The van der Waals surface area contributed by atoms with Crippen LogP contribution in [0.4, 0.5) is 22.0 Å². The monoisotopic (exact) mass is 453 g/mol. The minimum atomic E-state index is -0.333. The molecule has 0 radical (unpaired) electrons. The molecule has 0 unspecified atom stereocenters. The summed E-state index contributed by atoms with van der Waals surface area (Å²) < 4.78 is 24.0. The quantitative estimate of drug-likeness (QED) is 0.357. The van der Waals surface area contributed by atoms with Gasteiger partial charge >= 0.3 is 0 Å². The van der Waals surface area contributed by atoms with Gasteiger partial charge in [0.25, 0.3) is 11.1 Å². The summed E-state index contributed by atoms with van der Waals surface area (Å²) in [6, 6.07) is 13.6. The molecule has 0 saturated heterocycles. The van der Waals surface area contributed by atoms with E-state index in [-0.39, 0.29) is 18.4 Å². The largest absolute Gasteiger partial charge is 0.484 e. The van der Waals surface area contributed by atoms with Crippen LogP contribution in [0.1, 0.15) is 24.2 Å². The zero-order valence-corrected chi connectivity index (χ0v) is 18.0. The molecular weight excluding hydrogens is 433 g/mol. The molecule has 32 heavy (non-hydrogen) atoms. The molecule has 9 nitrogen and oxygen atoms in total. The van der Waals surface area contributed by atoms with Gasteiger partial charge in [0.05, 0.1) is 5.75 Å². The third-order valence-electron chi connectivity index (χ3n) is 4.29. The highest BCUT2D eigenvalue weighted by Crippen LogP contribution is 2.23. The average molecular weight is 454 g/mol. The summed E-state index contributed by atoms with van der Waals surface area (Å²) in [6.07, 6.45) is 0.872. The van der Waals surface area contributed by atoms with E-state index in [1.807, 2.05) is 24.3 Å². The summed E-state index contributed by atoms with van der Waals surface area (Å²) in [5.74, 6) is 1.78. The van der Waals surface area contributed by atoms with E-state index in [4.69, 9.17) is 14.9 Å². The Labute approximate surface area is 187 Å². The maximum atomic E-state index is 12.9. The number of hydrogen-bond acceptors (Lipinski definition) is 10. The van der Waals surface area contributed by atoms with Crippen LogP contribution in [-0.2, 0) is 18.8 Å². The van der Waals surface area contributed by atoms with Crippen LogP contribution in [-0.4, -0.2) is 25.1 Å². The van der Waals surface area contributed by atoms with E-state index in [9.17, 15) is 4.39 Å². The lowest BCUT2D eigenvalue weighted by molar-refractivity contribution is 0.252. The fraction of sp³-hybridized carbons (Fsp3) is 0.190. The van der Waals surface area contributed by atoms with E-state index in [0.717, 1.165) is 17.7 Å². The molecule has 2 aromatic carbocycles. The molecule has 4 aromatic rings. The standard InChI is InChI=1S/C21H20FN7O2S/c1-2-13-5-3-4-6-16(13)24-20-26-17(25-19(23)27-20)12-32-21-29-28-18(31-21)11-30-15-9-7-14(22)8-10-15/h3-10H,2,11-12H2,1H3,(H3,23,24,25,26,27). The summed E-state index contributed by atoms with van der Waals surface area (Å²) in [7, 11) is 0. The van der Waals surface area contributed by atoms with Crippen molar-refractivity contribution < 1.29 is 13.5 Å². The number of nitrogens with two attached hydrogens (primary N) is 1. The molecule has 0 aliphatic rings. The number of ether oxygens (including phenoxy) is 1. The van der Waals surface area contributed by atoms with Gasteiger partial charge in [-0.05, 0) is 42.3 Å². The van der Waals surface area contributed by atoms with E-state index in [1.54, 1.807) is 0 Å². The first-order valence-electron chi connectivity index (χ1n) is 9.78. The second kappa shape index (κ2) is 10.1. The topological polar surface area (TPSA) is 125 Å². The van der Waals surface area contributed by atoms with E-state index in [2.05, 4.69) is 37.4 Å². The van der Waals surface area contributed by atoms with Crippen molar-refractivity contribution in [1.29, 1.82) is 0 Å². The fourth-order valence-electron chi connectivity index (χ4n) is 2.79. The van der Waals surface area contributed by atoms with Gasteiger partial charge in [0, 0.05) is 5.69 Å². The fourth-order valence-corrected chi connectivity index (χ4v) is 3.42. The molecule has 3 N–H and O–H groups in total. The molecule has 2 heterocycles. The number of halogens is 1. The number of nitrogens with one attached hydrogen (secondary N) is 1. The van der Waals surface area contributed by atoms with Crippen LogP contribution in [0.25, 0.3) is 0 Å². The van der Waals surface area contributed by atoms with Gasteiger partial charge in [0.15, 0.2) is 6.61 Å². The molecule has 0 fully saturated rings. The minimum absolute atomic E-state index is 0.0722. The summed E-state index contributed by atoms with van der Waals surface area (Å²) in [5, 5.41) is 11.5. The van der Waals surface area contributed by atoms with Crippen LogP contribution < -0.4 is 15.8 Å². The first kappa shape index (κ1) is 21.5. The van der Waals surface area contributed by atoms with Gasteiger partial charge < -0.3 is 20.2 Å². The number of thioether (sulfide) groups is 1. The van der Waals surface area contributed by atoms with Gasteiger partial charge in [-0.15, -0.1) is 10.2 Å². The Morgan fingerprint density at radius 1 is 1.06 bits per heavy atom. The van der Waals surface area contributed by atoms with E-state index < -0.39 is 0 Å². The lowest BCUT2D eigenvalue weighted by atomic mass is 10.1. The second-order valence-electron chi connectivity index (χ2n) is 6.56. The first-order chi connectivity index (χ1) is 15.6. The molecule has 164 valence electrons. The Hall–Kier alpha value is -3.73. The third-order valence-corrected chi connectivity index (χ3v) is 5.11. The number of nitrogens with zero attached hydrogens (tertiary/aromatic N) is 5. The first-order valence-corrected chi connectivity index (χ1v) is 10.8. The molecule has 2 aromatic heterocycles.